The van der Waals surface area contributed by atoms with Gasteiger partial charge in [-0.15, -0.1) is 0 Å². The Morgan fingerprint density at radius 3 is 2.03 bits per heavy atom. The van der Waals surface area contributed by atoms with E-state index in [4.69, 9.17) is 19.3 Å². The number of carbonyl (C=O) groups is 4. The predicted octanol–water partition coefficient (Wildman–Crippen LogP) is 2.68. The van der Waals surface area contributed by atoms with Crippen LogP contribution in [0.1, 0.15) is 28.8 Å². The minimum Gasteiger partial charge on any atom is -0.493 e. The molecule has 0 saturated carbocycles. The number of carboxylic acid groups (broad SMARTS) is 2. The van der Waals surface area contributed by atoms with Crippen molar-refractivity contribution in [3.05, 3.63) is 57.7 Å². The molecule has 0 fully saturated rings. The van der Waals surface area contributed by atoms with Crippen molar-refractivity contribution in [1.29, 1.82) is 0 Å². The SMILES string of the molecule is COc1cc(C(=O)N/C(=C/c2ccc(Br)cc2)C(=O)N[C@H](CCC(=O)O)C(=O)O)cc(OC)c1OC. The van der Waals surface area contributed by atoms with Gasteiger partial charge in [0.1, 0.15) is 11.7 Å². The first-order chi connectivity index (χ1) is 17.1. The van der Waals surface area contributed by atoms with Crippen molar-refractivity contribution < 1.29 is 43.6 Å². The summed E-state index contributed by atoms with van der Waals surface area (Å²) in [5.74, 6) is -3.57. The van der Waals surface area contributed by atoms with Gasteiger partial charge >= 0.3 is 11.9 Å². The van der Waals surface area contributed by atoms with E-state index < -0.39 is 36.2 Å². The molecule has 0 aromatic heterocycles. The Bertz CT molecular complexity index is 1140. The fraction of sp³-hybridized carbons (Fsp3) is 0.250. The lowest BCUT2D eigenvalue weighted by atomic mass is 10.1. The number of hydrogen-bond donors (Lipinski definition) is 4. The molecule has 0 aliphatic heterocycles. The molecule has 0 aliphatic carbocycles. The summed E-state index contributed by atoms with van der Waals surface area (Å²) in [6, 6.07) is 8.06. The van der Waals surface area contributed by atoms with Gasteiger partial charge in [-0.05, 0) is 42.3 Å². The molecule has 0 bridgehead atoms. The summed E-state index contributed by atoms with van der Waals surface area (Å²) in [6.07, 6.45) is 0.539. The maximum atomic E-state index is 13.1. The summed E-state index contributed by atoms with van der Waals surface area (Å²) < 4.78 is 16.5. The number of rotatable bonds is 12. The van der Waals surface area contributed by atoms with Crippen LogP contribution >= 0.6 is 15.9 Å². The molecule has 0 radical (unpaired) electrons. The molecule has 2 aromatic carbocycles. The van der Waals surface area contributed by atoms with Gasteiger partial charge in [0.05, 0.1) is 21.3 Å². The standard InChI is InChI=1S/C24H25BrN2O9/c1-34-18-11-14(12-19(35-2)21(18)36-3)22(30)27-17(10-13-4-6-15(25)7-5-13)23(31)26-16(24(32)33)8-9-20(28)29/h4-7,10-12,16H,8-9H2,1-3H3,(H,26,31)(H,27,30)(H,28,29)(H,32,33)/b17-10+/t16-/m1/s1. The second-order valence-corrected chi connectivity index (χ2v) is 8.19. The van der Waals surface area contributed by atoms with Crippen molar-refractivity contribution in [1.82, 2.24) is 10.6 Å². The first-order valence-electron chi connectivity index (χ1n) is 10.4. The molecule has 0 aliphatic rings. The Kier molecular flexibility index (Phi) is 10.3. The highest BCUT2D eigenvalue weighted by molar-refractivity contribution is 9.10. The largest absolute Gasteiger partial charge is 0.493 e. The van der Waals surface area contributed by atoms with Gasteiger partial charge in [0.15, 0.2) is 11.5 Å². The molecule has 0 heterocycles. The van der Waals surface area contributed by atoms with E-state index in [0.717, 1.165) is 4.47 Å². The Labute approximate surface area is 215 Å². The molecular formula is C24H25BrN2O9. The Morgan fingerprint density at radius 2 is 1.56 bits per heavy atom. The zero-order valence-corrected chi connectivity index (χ0v) is 21.2. The van der Waals surface area contributed by atoms with E-state index in [1.165, 1.54) is 39.5 Å². The average molecular weight is 565 g/mol. The molecular weight excluding hydrogens is 540 g/mol. The van der Waals surface area contributed by atoms with Gasteiger partial charge in [0.2, 0.25) is 5.75 Å². The number of nitrogens with one attached hydrogen (secondary N) is 2. The average Bonchev–Trinajstić information content (AvgIpc) is 2.85. The van der Waals surface area contributed by atoms with E-state index in [0.29, 0.717) is 5.56 Å². The third kappa shape index (κ3) is 7.73. The number of carboxylic acids is 2. The zero-order chi connectivity index (χ0) is 26.8. The Balaban J connectivity index is 2.42. The van der Waals surface area contributed by atoms with Crippen LogP contribution < -0.4 is 24.8 Å². The fourth-order valence-corrected chi connectivity index (χ4v) is 3.32. The number of benzene rings is 2. The van der Waals surface area contributed by atoms with Crippen molar-refractivity contribution >= 4 is 45.8 Å². The normalized spacial score (nSPS) is 11.7. The van der Waals surface area contributed by atoms with E-state index in [1.54, 1.807) is 24.3 Å². The van der Waals surface area contributed by atoms with Crippen LogP contribution in [0.2, 0.25) is 0 Å². The molecule has 0 saturated heterocycles. The summed E-state index contributed by atoms with van der Waals surface area (Å²) in [5, 5.41) is 23.0. The van der Waals surface area contributed by atoms with Gasteiger partial charge in [-0.1, -0.05) is 28.1 Å². The second kappa shape index (κ2) is 13.1. The van der Waals surface area contributed by atoms with Crippen molar-refractivity contribution in [3.63, 3.8) is 0 Å². The van der Waals surface area contributed by atoms with Gasteiger partial charge in [-0.3, -0.25) is 14.4 Å². The van der Waals surface area contributed by atoms with Crippen LogP contribution in [0, 0.1) is 0 Å². The monoisotopic (exact) mass is 564 g/mol. The third-order valence-electron chi connectivity index (χ3n) is 4.85. The lowest BCUT2D eigenvalue weighted by Crippen LogP contribution is -2.44. The minimum atomic E-state index is -1.49. The highest BCUT2D eigenvalue weighted by Crippen LogP contribution is 2.38. The number of methoxy groups -OCH3 is 3. The van der Waals surface area contributed by atoms with Gasteiger partial charge < -0.3 is 35.1 Å². The van der Waals surface area contributed by atoms with Crippen molar-refractivity contribution in [2.45, 2.75) is 18.9 Å². The molecule has 12 heteroatoms. The first kappa shape index (κ1) is 28.2. The molecule has 192 valence electrons. The van der Waals surface area contributed by atoms with Gasteiger partial charge in [-0.2, -0.15) is 0 Å². The second-order valence-electron chi connectivity index (χ2n) is 7.27. The number of carbonyl (C=O) groups excluding carboxylic acids is 2. The summed E-state index contributed by atoms with van der Waals surface area (Å²) >= 11 is 3.31. The Morgan fingerprint density at radius 1 is 0.972 bits per heavy atom. The van der Waals surface area contributed by atoms with E-state index in [2.05, 4.69) is 26.6 Å². The highest BCUT2D eigenvalue weighted by atomic mass is 79.9. The topological polar surface area (TPSA) is 160 Å². The maximum Gasteiger partial charge on any atom is 0.326 e. The number of hydrogen-bond acceptors (Lipinski definition) is 7. The van der Waals surface area contributed by atoms with Crippen LogP contribution in [-0.2, 0) is 14.4 Å². The molecule has 36 heavy (non-hydrogen) atoms. The molecule has 2 aromatic rings. The molecule has 1 atom stereocenters. The molecule has 11 nitrogen and oxygen atoms in total. The maximum absolute atomic E-state index is 13.1. The van der Waals surface area contributed by atoms with Crippen molar-refractivity contribution in [3.8, 4) is 17.2 Å². The van der Waals surface area contributed by atoms with Crippen molar-refractivity contribution in [2.75, 3.05) is 21.3 Å². The third-order valence-corrected chi connectivity index (χ3v) is 5.38. The van der Waals surface area contributed by atoms with E-state index in [1.807, 2.05) is 0 Å². The van der Waals surface area contributed by atoms with Crippen LogP contribution in [0.15, 0.2) is 46.6 Å². The number of amides is 2. The van der Waals surface area contributed by atoms with Gasteiger partial charge in [0, 0.05) is 16.5 Å². The van der Waals surface area contributed by atoms with Crippen LogP contribution in [-0.4, -0.2) is 61.3 Å². The molecule has 0 unspecified atom stereocenters. The zero-order valence-electron chi connectivity index (χ0n) is 19.7. The van der Waals surface area contributed by atoms with Gasteiger partial charge in [-0.25, -0.2) is 4.79 Å². The van der Waals surface area contributed by atoms with Crippen LogP contribution in [0.5, 0.6) is 17.2 Å². The van der Waals surface area contributed by atoms with Crippen LogP contribution in [0.3, 0.4) is 0 Å². The fourth-order valence-electron chi connectivity index (χ4n) is 3.05. The first-order valence-corrected chi connectivity index (χ1v) is 11.2. The molecule has 4 N–H and O–H groups in total. The van der Waals surface area contributed by atoms with E-state index in [9.17, 15) is 24.3 Å². The number of aliphatic carboxylic acids is 2. The Hall–Kier alpha value is -4.06. The number of halogens is 1. The molecule has 0 spiro atoms. The van der Waals surface area contributed by atoms with Crippen molar-refractivity contribution in [2.24, 2.45) is 0 Å². The lowest BCUT2D eigenvalue weighted by Gasteiger charge is -2.17. The van der Waals surface area contributed by atoms with Crippen LogP contribution in [0.4, 0.5) is 0 Å². The van der Waals surface area contributed by atoms with E-state index in [-0.39, 0.29) is 34.9 Å². The smallest absolute Gasteiger partial charge is 0.326 e. The lowest BCUT2D eigenvalue weighted by molar-refractivity contribution is -0.142. The van der Waals surface area contributed by atoms with Gasteiger partial charge in [0.25, 0.3) is 11.8 Å². The van der Waals surface area contributed by atoms with Crippen LogP contribution in [0.25, 0.3) is 6.08 Å². The summed E-state index contributed by atoms with van der Waals surface area (Å²) in [6.45, 7) is 0. The predicted molar refractivity (Wildman–Crippen MR) is 132 cm³/mol. The quantitative estimate of drug-likeness (QED) is 0.284. The minimum absolute atomic E-state index is 0.0691. The summed E-state index contributed by atoms with van der Waals surface area (Å²) in [5.41, 5.74) is 0.336. The summed E-state index contributed by atoms with van der Waals surface area (Å²) in [4.78, 5) is 48.5. The summed E-state index contributed by atoms with van der Waals surface area (Å²) in [7, 11) is 4.18. The van der Waals surface area contributed by atoms with E-state index >= 15 is 0 Å². The molecule has 2 rings (SSSR count). The highest BCUT2D eigenvalue weighted by Gasteiger charge is 2.25. The molecule has 2 amide bonds. The number of ether oxygens (including phenoxy) is 3.